The maximum absolute atomic E-state index is 5.70. The van der Waals surface area contributed by atoms with Crippen LogP contribution in [0.25, 0.3) is 11.2 Å². The lowest BCUT2D eigenvalue weighted by molar-refractivity contribution is 0.109. The predicted molar refractivity (Wildman–Crippen MR) is 60.2 cm³/mol. The second-order valence-corrected chi connectivity index (χ2v) is 3.89. The third-order valence-corrected chi connectivity index (χ3v) is 2.84. The molecular weight excluding hydrogens is 222 g/mol. The number of rotatable bonds is 2. The summed E-state index contributed by atoms with van der Waals surface area (Å²) in [4.78, 5) is 17.7. The van der Waals surface area contributed by atoms with E-state index < -0.39 is 0 Å². The first kappa shape index (κ1) is 10.3. The van der Waals surface area contributed by atoms with Crippen LogP contribution in [0.4, 0.5) is 5.95 Å². The molecule has 1 saturated heterocycles. The summed E-state index contributed by atoms with van der Waals surface area (Å²) in [5.41, 5.74) is 7.71. The Balaban J connectivity index is 2.19. The molecule has 0 amide bonds. The van der Waals surface area contributed by atoms with E-state index in [1.54, 1.807) is 13.4 Å². The topological polar surface area (TPSA) is 88.1 Å². The van der Waals surface area contributed by atoms with E-state index >= 15 is 0 Å². The van der Waals surface area contributed by atoms with Crippen LogP contribution in [0, 0.1) is 0 Å². The van der Waals surface area contributed by atoms with Gasteiger partial charge in [0.15, 0.2) is 0 Å². The summed E-state index contributed by atoms with van der Waals surface area (Å²) in [6, 6.07) is 0. The second-order valence-electron chi connectivity index (χ2n) is 3.89. The van der Waals surface area contributed by atoms with Crippen molar-refractivity contribution >= 4 is 17.1 Å². The summed E-state index contributed by atoms with van der Waals surface area (Å²) in [6.45, 7) is 0.751. The van der Waals surface area contributed by atoms with Gasteiger partial charge in [0.25, 0.3) is 0 Å². The quantitative estimate of drug-likeness (QED) is 0.806. The van der Waals surface area contributed by atoms with E-state index in [2.05, 4.69) is 15.0 Å². The van der Waals surface area contributed by atoms with Crippen molar-refractivity contribution in [1.82, 2.24) is 19.7 Å². The van der Waals surface area contributed by atoms with Crippen LogP contribution in [0.5, 0.6) is 0 Å². The first-order valence-electron chi connectivity index (χ1n) is 5.46. The molecule has 2 N–H and O–H groups in total. The number of anilines is 1. The fraction of sp³-hybridized carbons (Fsp3) is 0.500. The average molecular weight is 235 g/mol. The molecule has 0 saturated carbocycles. The highest BCUT2D eigenvalue weighted by molar-refractivity contribution is 5.74. The van der Waals surface area contributed by atoms with E-state index in [1.165, 1.54) is 4.73 Å². The Kier molecular flexibility index (Phi) is 2.32. The number of nitrogen functional groups attached to an aromatic ring is 1. The van der Waals surface area contributed by atoms with Crippen molar-refractivity contribution in [1.29, 1.82) is 0 Å². The Hall–Kier alpha value is -1.89. The molecule has 1 fully saturated rings. The maximum atomic E-state index is 5.70. The van der Waals surface area contributed by atoms with Crippen LogP contribution >= 0.6 is 0 Å². The van der Waals surface area contributed by atoms with Crippen molar-refractivity contribution in [2.45, 2.75) is 18.9 Å². The summed E-state index contributed by atoms with van der Waals surface area (Å²) in [6.07, 6.45) is 3.48. The van der Waals surface area contributed by atoms with E-state index in [1.807, 2.05) is 0 Å². The van der Waals surface area contributed by atoms with Gasteiger partial charge in [-0.15, -0.1) is 0 Å². The van der Waals surface area contributed by atoms with Gasteiger partial charge in [-0.3, -0.25) is 0 Å². The number of nitrogens with two attached hydrogens (primary N) is 1. The minimum Gasteiger partial charge on any atom is -0.414 e. The summed E-state index contributed by atoms with van der Waals surface area (Å²) < 4.78 is 7.07. The second kappa shape index (κ2) is 3.85. The molecule has 1 aliphatic heterocycles. The van der Waals surface area contributed by atoms with E-state index in [0.29, 0.717) is 11.2 Å². The summed E-state index contributed by atoms with van der Waals surface area (Å²) in [7, 11) is 1.55. The lowest BCUT2D eigenvalue weighted by atomic mass is 10.1. The Morgan fingerprint density at radius 1 is 1.53 bits per heavy atom. The van der Waals surface area contributed by atoms with Gasteiger partial charge < -0.3 is 15.3 Å². The standard InChI is InChI=1S/C10H13N5O2/c1-16-15-5-12-8-7(6-3-2-4-17-6)13-10(11)14-9(8)15/h5-6H,2-4H2,1H3,(H2,11,13,14). The van der Waals surface area contributed by atoms with E-state index in [4.69, 9.17) is 15.3 Å². The summed E-state index contributed by atoms with van der Waals surface area (Å²) in [5.74, 6) is 0.210. The van der Waals surface area contributed by atoms with Gasteiger partial charge in [-0.05, 0) is 12.8 Å². The van der Waals surface area contributed by atoms with Crippen molar-refractivity contribution in [3.8, 4) is 0 Å². The normalized spacial score (nSPS) is 19.9. The zero-order valence-electron chi connectivity index (χ0n) is 9.46. The van der Waals surface area contributed by atoms with Crippen LogP contribution in [0.3, 0.4) is 0 Å². The zero-order valence-corrected chi connectivity index (χ0v) is 9.46. The number of ether oxygens (including phenoxy) is 1. The van der Waals surface area contributed by atoms with Crippen LogP contribution in [0.15, 0.2) is 6.33 Å². The van der Waals surface area contributed by atoms with E-state index in [-0.39, 0.29) is 12.1 Å². The maximum Gasteiger partial charge on any atom is 0.222 e. The smallest absolute Gasteiger partial charge is 0.222 e. The molecule has 0 spiro atoms. The van der Waals surface area contributed by atoms with Crippen LogP contribution in [0.2, 0.25) is 0 Å². The fourth-order valence-electron chi connectivity index (χ4n) is 2.07. The van der Waals surface area contributed by atoms with Crippen LogP contribution < -0.4 is 10.6 Å². The molecule has 0 aromatic carbocycles. The van der Waals surface area contributed by atoms with Crippen molar-refractivity contribution in [3.05, 3.63) is 12.0 Å². The molecule has 7 nitrogen and oxygen atoms in total. The third kappa shape index (κ3) is 1.59. The van der Waals surface area contributed by atoms with Crippen LogP contribution in [-0.2, 0) is 4.74 Å². The molecule has 1 unspecified atom stereocenters. The van der Waals surface area contributed by atoms with Crippen LogP contribution in [-0.4, -0.2) is 33.4 Å². The largest absolute Gasteiger partial charge is 0.414 e. The molecule has 0 aliphatic carbocycles. The zero-order chi connectivity index (χ0) is 11.8. The van der Waals surface area contributed by atoms with Gasteiger partial charge in [0.05, 0.1) is 0 Å². The minimum absolute atomic E-state index is 0.0389. The fourth-order valence-corrected chi connectivity index (χ4v) is 2.07. The number of imidazole rings is 1. The molecule has 17 heavy (non-hydrogen) atoms. The number of aromatic nitrogens is 4. The number of nitrogens with zero attached hydrogens (tertiary/aromatic N) is 4. The lowest BCUT2D eigenvalue weighted by Gasteiger charge is -2.09. The van der Waals surface area contributed by atoms with Crippen molar-refractivity contribution in [2.75, 3.05) is 19.5 Å². The lowest BCUT2D eigenvalue weighted by Crippen LogP contribution is -2.09. The molecule has 0 bridgehead atoms. The van der Waals surface area contributed by atoms with E-state index in [0.717, 1.165) is 25.1 Å². The van der Waals surface area contributed by atoms with Gasteiger partial charge in [0.1, 0.15) is 30.8 Å². The Bertz CT molecular complexity index is 547. The van der Waals surface area contributed by atoms with E-state index in [9.17, 15) is 0 Å². The average Bonchev–Trinajstić information content (AvgIpc) is 2.96. The highest BCUT2D eigenvalue weighted by Gasteiger charge is 2.24. The van der Waals surface area contributed by atoms with Gasteiger partial charge in [-0.1, -0.05) is 0 Å². The molecule has 0 radical (unpaired) electrons. The van der Waals surface area contributed by atoms with Crippen molar-refractivity contribution < 1.29 is 9.57 Å². The highest BCUT2D eigenvalue weighted by Crippen LogP contribution is 2.31. The van der Waals surface area contributed by atoms with Crippen molar-refractivity contribution in [2.24, 2.45) is 0 Å². The summed E-state index contributed by atoms with van der Waals surface area (Å²) in [5, 5.41) is 0. The molecular formula is C10H13N5O2. The van der Waals surface area contributed by atoms with Crippen LogP contribution in [0.1, 0.15) is 24.6 Å². The molecule has 7 heteroatoms. The molecule has 2 aromatic heterocycles. The predicted octanol–water partition coefficient (Wildman–Crippen LogP) is 0.318. The Morgan fingerprint density at radius 3 is 3.12 bits per heavy atom. The van der Waals surface area contributed by atoms with Gasteiger partial charge in [0, 0.05) is 6.61 Å². The van der Waals surface area contributed by atoms with Gasteiger partial charge in [0.2, 0.25) is 11.6 Å². The molecule has 1 aliphatic rings. The van der Waals surface area contributed by atoms with Gasteiger partial charge >= 0.3 is 0 Å². The molecule has 2 aromatic rings. The first-order valence-corrected chi connectivity index (χ1v) is 5.46. The molecule has 90 valence electrons. The number of hydrogen-bond donors (Lipinski definition) is 1. The molecule has 3 heterocycles. The molecule has 3 rings (SSSR count). The van der Waals surface area contributed by atoms with Crippen molar-refractivity contribution in [3.63, 3.8) is 0 Å². The van der Waals surface area contributed by atoms with Gasteiger partial charge in [-0.25, -0.2) is 9.97 Å². The highest BCUT2D eigenvalue weighted by atomic mass is 16.6. The Labute approximate surface area is 97.5 Å². The molecule has 1 atom stereocenters. The Morgan fingerprint density at radius 2 is 2.41 bits per heavy atom. The third-order valence-electron chi connectivity index (χ3n) is 2.84. The first-order chi connectivity index (χ1) is 8.29. The number of fused-ring (bicyclic) bond motifs is 1. The SMILES string of the molecule is COn1cnc2c(C3CCCO3)nc(N)nc21. The number of hydrogen-bond acceptors (Lipinski definition) is 6. The monoisotopic (exact) mass is 235 g/mol. The minimum atomic E-state index is -0.0389. The summed E-state index contributed by atoms with van der Waals surface area (Å²) >= 11 is 0. The van der Waals surface area contributed by atoms with Gasteiger partial charge in [-0.2, -0.15) is 9.71 Å².